The molecule has 0 saturated carbocycles. The molecule has 0 aliphatic carbocycles. The lowest BCUT2D eigenvalue weighted by atomic mass is 9.87. The molecule has 208 valence electrons. The van der Waals surface area contributed by atoms with Crippen molar-refractivity contribution in [1.29, 1.82) is 0 Å². The lowest BCUT2D eigenvalue weighted by Crippen LogP contribution is -1.90. The molecule has 1 heterocycles. The summed E-state index contributed by atoms with van der Waals surface area (Å²) in [6.07, 6.45) is 0. The van der Waals surface area contributed by atoms with Crippen molar-refractivity contribution in [3.63, 3.8) is 0 Å². The molecule has 1 aromatic heterocycles. The van der Waals surface area contributed by atoms with Gasteiger partial charge in [-0.2, -0.15) is 0 Å². The molecule has 10 aromatic rings. The lowest BCUT2D eigenvalue weighted by molar-refractivity contribution is 0.670. The van der Waals surface area contributed by atoms with E-state index in [1.54, 1.807) is 0 Å². The van der Waals surface area contributed by atoms with Crippen molar-refractivity contribution in [2.24, 2.45) is 0 Å². The normalized spacial score (nSPS) is 12.0. The van der Waals surface area contributed by atoms with E-state index in [-0.39, 0.29) is 0 Å². The third-order valence-corrected chi connectivity index (χ3v) is 9.61. The highest BCUT2D eigenvalue weighted by molar-refractivity contribution is 6.27. The van der Waals surface area contributed by atoms with Crippen LogP contribution in [0.2, 0.25) is 0 Å². The second-order valence-corrected chi connectivity index (χ2v) is 12.0. The maximum absolute atomic E-state index is 6.46. The Kier molecular flexibility index (Phi) is 5.06. The van der Waals surface area contributed by atoms with Gasteiger partial charge in [-0.25, -0.2) is 0 Å². The third-order valence-electron chi connectivity index (χ3n) is 9.61. The van der Waals surface area contributed by atoms with Gasteiger partial charge in [-0.15, -0.1) is 0 Å². The predicted molar refractivity (Wildman–Crippen MR) is 191 cm³/mol. The van der Waals surface area contributed by atoms with Crippen LogP contribution in [0.15, 0.2) is 162 Å². The van der Waals surface area contributed by atoms with Gasteiger partial charge in [0.05, 0.1) is 0 Å². The van der Waals surface area contributed by atoms with Crippen molar-refractivity contribution in [2.75, 3.05) is 0 Å². The first kappa shape index (κ1) is 24.5. The van der Waals surface area contributed by atoms with Gasteiger partial charge in [0.1, 0.15) is 11.2 Å². The number of rotatable bonds is 3. The van der Waals surface area contributed by atoms with Crippen molar-refractivity contribution in [3.05, 3.63) is 158 Å². The molecular formula is C44H26O. The number of fused-ring (bicyclic) bond motifs is 4. The maximum atomic E-state index is 6.46. The van der Waals surface area contributed by atoms with Crippen LogP contribution in [0.5, 0.6) is 0 Å². The van der Waals surface area contributed by atoms with Crippen molar-refractivity contribution in [3.8, 4) is 33.4 Å². The highest BCUT2D eigenvalue weighted by atomic mass is 16.3. The van der Waals surface area contributed by atoms with Gasteiger partial charge in [-0.3, -0.25) is 0 Å². The fourth-order valence-electron chi connectivity index (χ4n) is 7.59. The minimum absolute atomic E-state index is 0.925. The monoisotopic (exact) mass is 570 g/mol. The Morgan fingerprint density at radius 2 is 0.911 bits per heavy atom. The fraction of sp³-hybridized carbons (Fsp3) is 0. The topological polar surface area (TPSA) is 13.1 Å². The van der Waals surface area contributed by atoms with Crippen LogP contribution in [0.25, 0.3) is 98.4 Å². The van der Waals surface area contributed by atoms with E-state index in [9.17, 15) is 0 Å². The Morgan fingerprint density at radius 3 is 1.71 bits per heavy atom. The van der Waals surface area contributed by atoms with E-state index >= 15 is 0 Å². The molecule has 0 N–H and O–H groups in total. The van der Waals surface area contributed by atoms with Crippen molar-refractivity contribution in [1.82, 2.24) is 0 Å². The quantitative estimate of drug-likeness (QED) is 0.193. The molecule has 1 nitrogen and oxygen atoms in total. The highest BCUT2D eigenvalue weighted by Crippen LogP contribution is 2.44. The molecule has 0 bridgehead atoms. The molecule has 1 heteroatoms. The van der Waals surface area contributed by atoms with Gasteiger partial charge in [0.15, 0.2) is 0 Å². The molecule has 0 atom stereocenters. The van der Waals surface area contributed by atoms with E-state index in [2.05, 4.69) is 152 Å². The van der Waals surface area contributed by atoms with Gasteiger partial charge >= 0.3 is 0 Å². The Morgan fingerprint density at radius 1 is 0.311 bits per heavy atom. The van der Waals surface area contributed by atoms with Crippen LogP contribution in [0.3, 0.4) is 0 Å². The first-order valence-electron chi connectivity index (χ1n) is 15.5. The van der Waals surface area contributed by atoms with E-state index in [0.29, 0.717) is 0 Å². The molecule has 10 rings (SSSR count). The van der Waals surface area contributed by atoms with E-state index in [1.165, 1.54) is 70.9 Å². The number of benzene rings is 9. The highest BCUT2D eigenvalue weighted by Gasteiger charge is 2.18. The van der Waals surface area contributed by atoms with E-state index in [1.807, 2.05) is 6.07 Å². The summed E-state index contributed by atoms with van der Waals surface area (Å²) >= 11 is 0. The Hall–Kier alpha value is -5.92. The van der Waals surface area contributed by atoms with Crippen LogP contribution in [0.4, 0.5) is 0 Å². The third kappa shape index (κ3) is 3.56. The minimum atomic E-state index is 0.925. The zero-order chi connectivity index (χ0) is 29.5. The predicted octanol–water partition coefficient (Wildman–Crippen LogP) is 12.6. The van der Waals surface area contributed by atoms with Gasteiger partial charge in [0, 0.05) is 16.3 Å². The molecule has 0 spiro atoms. The van der Waals surface area contributed by atoms with Gasteiger partial charge in [0.25, 0.3) is 0 Å². The largest absolute Gasteiger partial charge is 0.455 e. The Labute approximate surface area is 259 Å². The van der Waals surface area contributed by atoms with Crippen LogP contribution in [0.1, 0.15) is 0 Å². The smallest absolute Gasteiger partial charge is 0.143 e. The van der Waals surface area contributed by atoms with Crippen molar-refractivity contribution >= 4 is 65.0 Å². The van der Waals surface area contributed by atoms with Crippen LogP contribution < -0.4 is 0 Å². The average molecular weight is 571 g/mol. The average Bonchev–Trinajstić information content (AvgIpc) is 3.49. The van der Waals surface area contributed by atoms with Crippen LogP contribution in [0, 0.1) is 0 Å². The fourth-order valence-corrected chi connectivity index (χ4v) is 7.59. The summed E-state index contributed by atoms with van der Waals surface area (Å²) in [4.78, 5) is 0. The zero-order valence-electron chi connectivity index (χ0n) is 24.4. The SMILES string of the molecule is c1ccc(-c2ccc(-c3cc4ccc5ccc(-c6cccc7c6oc6ccccc67)c6ccc(c3)c4c56)c3ccccc23)cc1. The summed E-state index contributed by atoms with van der Waals surface area (Å²) in [6, 6.07) is 57.3. The van der Waals surface area contributed by atoms with Crippen LogP contribution >= 0.6 is 0 Å². The number of hydrogen-bond acceptors (Lipinski definition) is 1. The van der Waals surface area contributed by atoms with Crippen LogP contribution in [-0.2, 0) is 0 Å². The van der Waals surface area contributed by atoms with Gasteiger partial charge in [-0.05, 0) is 89.1 Å². The second-order valence-electron chi connectivity index (χ2n) is 12.0. The first-order chi connectivity index (χ1) is 22.3. The van der Waals surface area contributed by atoms with Crippen molar-refractivity contribution < 1.29 is 4.42 Å². The molecule has 9 aromatic carbocycles. The van der Waals surface area contributed by atoms with E-state index in [4.69, 9.17) is 4.42 Å². The summed E-state index contributed by atoms with van der Waals surface area (Å²) in [5.41, 5.74) is 9.21. The number of para-hydroxylation sites is 2. The van der Waals surface area contributed by atoms with Crippen LogP contribution in [-0.4, -0.2) is 0 Å². The molecule has 0 aliphatic rings. The summed E-state index contributed by atoms with van der Waals surface area (Å²) in [7, 11) is 0. The molecule has 0 saturated heterocycles. The zero-order valence-corrected chi connectivity index (χ0v) is 24.4. The molecule has 45 heavy (non-hydrogen) atoms. The minimum Gasteiger partial charge on any atom is -0.455 e. The molecule has 0 aliphatic heterocycles. The molecule has 0 unspecified atom stereocenters. The summed E-state index contributed by atoms with van der Waals surface area (Å²) < 4.78 is 6.46. The Bertz CT molecular complexity index is 2730. The molecule has 0 fully saturated rings. The number of furan rings is 1. The van der Waals surface area contributed by atoms with Crippen molar-refractivity contribution in [2.45, 2.75) is 0 Å². The molecule has 0 amide bonds. The summed E-state index contributed by atoms with van der Waals surface area (Å²) in [6.45, 7) is 0. The molecule has 0 radical (unpaired) electrons. The van der Waals surface area contributed by atoms with E-state index in [0.717, 1.165) is 27.5 Å². The van der Waals surface area contributed by atoms with Gasteiger partial charge in [0.2, 0.25) is 0 Å². The maximum Gasteiger partial charge on any atom is 0.143 e. The van der Waals surface area contributed by atoms with E-state index < -0.39 is 0 Å². The summed E-state index contributed by atoms with van der Waals surface area (Å²) in [5.74, 6) is 0. The lowest BCUT2D eigenvalue weighted by Gasteiger charge is -2.17. The van der Waals surface area contributed by atoms with Gasteiger partial charge < -0.3 is 4.42 Å². The van der Waals surface area contributed by atoms with Gasteiger partial charge in [-0.1, -0.05) is 140 Å². The second kappa shape index (κ2) is 9.29. The standard InChI is InChI=1S/C44H26O/c1-2-9-27(10-3-1)32-23-24-33(35-12-5-4-11-34(32)35)31-25-29-18-17-28-19-21-36(38-22-20-30(26-31)42(29)43(28)38)39-14-8-15-40-37-13-6-7-16-41(37)45-44(39)40/h1-26H. The number of hydrogen-bond donors (Lipinski definition) is 0. The Balaban J connectivity index is 1.20. The first-order valence-corrected chi connectivity index (χ1v) is 15.5. The summed E-state index contributed by atoms with van der Waals surface area (Å²) in [5, 5.41) is 12.5. The molecular weight excluding hydrogens is 544 g/mol.